The van der Waals surface area contributed by atoms with E-state index in [1.165, 1.54) is 16.8 Å². The summed E-state index contributed by atoms with van der Waals surface area (Å²) >= 11 is 0. The maximum Gasteiger partial charge on any atom is 0.357 e. The Hall–Kier alpha value is -2.17. The summed E-state index contributed by atoms with van der Waals surface area (Å²) in [5.41, 5.74) is 1.82. The highest BCUT2D eigenvalue weighted by Crippen LogP contribution is 2.15. The van der Waals surface area contributed by atoms with Crippen LogP contribution >= 0.6 is 0 Å². The first-order valence-corrected chi connectivity index (χ1v) is 6.67. The van der Waals surface area contributed by atoms with Gasteiger partial charge in [0, 0.05) is 0 Å². The van der Waals surface area contributed by atoms with Gasteiger partial charge >= 0.3 is 5.97 Å². The van der Waals surface area contributed by atoms with E-state index in [1.807, 2.05) is 6.92 Å². The molecule has 2 aromatic rings. The molecule has 20 heavy (non-hydrogen) atoms. The summed E-state index contributed by atoms with van der Waals surface area (Å²) < 4.78 is 19.5. The van der Waals surface area contributed by atoms with Gasteiger partial charge in [0.1, 0.15) is 5.82 Å². The second kappa shape index (κ2) is 6.32. The number of hydrogen-bond acceptors (Lipinski definition) is 3. The summed E-state index contributed by atoms with van der Waals surface area (Å²) in [5.74, 6) is -0.751. The van der Waals surface area contributed by atoms with E-state index >= 15 is 0 Å². The van der Waals surface area contributed by atoms with E-state index in [2.05, 4.69) is 5.10 Å². The minimum atomic E-state index is -0.424. The third-order valence-electron chi connectivity index (χ3n) is 2.82. The van der Waals surface area contributed by atoms with Crippen LogP contribution in [-0.4, -0.2) is 22.4 Å². The Morgan fingerprint density at radius 3 is 2.60 bits per heavy atom. The van der Waals surface area contributed by atoms with Crippen LogP contribution in [0.4, 0.5) is 4.39 Å². The molecule has 0 fully saturated rings. The van der Waals surface area contributed by atoms with Crippen molar-refractivity contribution in [1.29, 1.82) is 0 Å². The Morgan fingerprint density at radius 2 is 2.00 bits per heavy atom. The number of halogens is 1. The molecule has 1 aromatic heterocycles. The normalized spacial score (nSPS) is 10.6. The minimum Gasteiger partial charge on any atom is -0.461 e. The molecule has 5 heteroatoms. The molecule has 0 unspecified atom stereocenters. The number of aryl methyl sites for hydroxylation is 1. The highest BCUT2D eigenvalue weighted by atomic mass is 19.1. The van der Waals surface area contributed by atoms with E-state index in [4.69, 9.17) is 4.74 Å². The van der Waals surface area contributed by atoms with Crippen LogP contribution in [0.25, 0.3) is 5.69 Å². The molecule has 1 heterocycles. The SMILES string of the molecule is CCCc1cc(C(=O)OCC)n(-c2ccc(F)cc2)n1. The molecule has 0 aliphatic rings. The summed E-state index contributed by atoms with van der Waals surface area (Å²) in [6.07, 6.45) is 1.71. The van der Waals surface area contributed by atoms with Gasteiger partial charge in [-0.05, 0) is 43.7 Å². The average molecular weight is 276 g/mol. The summed E-state index contributed by atoms with van der Waals surface area (Å²) in [4.78, 5) is 12.0. The van der Waals surface area contributed by atoms with Crippen LogP contribution in [0.3, 0.4) is 0 Å². The molecular weight excluding hydrogens is 259 g/mol. The first-order chi connectivity index (χ1) is 9.65. The fourth-order valence-corrected chi connectivity index (χ4v) is 1.94. The lowest BCUT2D eigenvalue weighted by Crippen LogP contribution is -2.11. The van der Waals surface area contributed by atoms with Crippen molar-refractivity contribution in [2.24, 2.45) is 0 Å². The van der Waals surface area contributed by atoms with E-state index in [-0.39, 0.29) is 5.82 Å². The van der Waals surface area contributed by atoms with Crippen molar-refractivity contribution in [3.8, 4) is 5.69 Å². The maximum atomic E-state index is 13.0. The maximum absolute atomic E-state index is 13.0. The Bertz CT molecular complexity index is 590. The molecule has 1 aromatic carbocycles. The lowest BCUT2D eigenvalue weighted by molar-refractivity contribution is 0.0515. The van der Waals surface area contributed by atoms with Crippen molar-refractivity contribution in [2.75, 3.05) is 6.61 Å². The number of nitrogens with zero attached hydrogens (tertiary/aromatic N) is 2. The second-order valence-corrected chi connectivity index (χ2v) is 4.38. The molecule has 0 aliphatic carbocycles. The van der Waals surface area contributed by atoms with Crippen molar-refractivity contribution in [2.45, 2.75) is 26.7 Å². The number of carbonyl (C=O) groups excluding carboxylic acids is 1. The monoisotopic (exact) mass is 276 g/mol. The zero-order chi connectivity index (χ0) is 14.5. The third-order valence-corrected chi connectivity index (χ3v) is 2.82. The number of carbonyl (C=O) groups is 1. The van der Waals surface area contributed by atoms with Gasteiger partial charge in [-0.2, -0.15) is 5.10 Å². The lowest BCUT2D eigenvalue weighted by Gasteiger charge is -2.06. The summed E-state index contributed by atoms with van der Waals surface area (Å²) in [7, 11) is 0. The summed E-state index contributed by atoms with van der Waals surface area (Å²) in [6, 6.07) is 7.57. The Kier molecular flexibility index (Phi) is 4.50. The van der Waals surface area contributed by atoms with Crippen molar-refractivity contribution >= 4 is 5.97 Å². The highest BCUT2D eigenvalue weighted by molar-refractivity contribution is 5.88. The smallest absolute Gasteiger partial charge is 0.357 e. The van der Waals surface area contributed by atoms with Gasteiger partial charge in [0.2, 0.25) is 0 Å². The van der Waals surface area contributed by atoms with Crippen LogP contribution in [-0.2, 0) is 11.2 Å². The molecule has 0 radical (unpaired) electrons. The molecule has 4 nitrogen and oxygen atoms in total. The van der Waals surface area contributed by atoms with E-state index in [0.717, 1.165) is 18.5 Å². The van der Waals surface area contributed by atoms with Crippen molar-refractivity contribution < 1.29 is 13.9 Å². The molecule has 0 amide bonds. The van der Waals surface area contributed by atoms with Crippen LogP contribution in [0.5, 0.6) is 0 Å². The molecule has 106 valence electrons. The highest BCUT2D eigenvalue weighted by Gasteiger charge is 2.17. The Morgan fingerprint density at radius 1 is 1.30 bits per heavy atom. The number of ether oxygens (including phenoxy) is 1. The van der Waals surface area contributed by atoms with E-state index in [1.54, 1.807) is 25.1 Å². The molecule has 0 spiro atoms. The predicted molar refractivity (Wildman–Crippen MR) is 73.5 cm³/mol. The molecule has 0 atom stereocenters. The zero-order valence-corrected chi connectivity index (χ0v) is 11.6. The summed E-state index contributed by atoms with van der Waals surface area (Å²) in [6.45, 7) is 4.10. The van der Waals surface area contributed by atoms with Gasteiger partial charge in [0.05, 0.1) is 18.0 Å². The van der Waals surface area contributed by atoms with Crippen LogP contribution in [0.1, 0.15) is 36.5 Å². The average Bonchev–Trinajstić information content (AvgIpc) is 2.84. The number of hydrogen-bond donors (Lipinski definition) is 0. The van der Waals surface area contributed by atoms with Crippen LogP contribution in [0.15, 0.2) is 30.3 Å². The second-order valence-electron chi connectivity index (χ2n) is 4.38. The number of esters is 1. The van der Waals surface area contributed by atoms with Gasteiger partial charge in [-0.1, -0.05) is 13.3 Å². The number of benzene rings is 1. The summed E-state index contributed by atoms with van der Waals surface area (Å²) in [5, 5.41) is 4.40. The Balaban J connectivity index is 2.43. The molecule has 0 saturated heterocycles. The van der Waals surface area contributed by atoms with Gasteiger partial charge in [-0.3, -0.25) is 0 Å². The Labute approximate surface area is 117 Å². The zero-order valence-electron chi connectivity index (χ0n) is 11.6. The van der Waals surface area contributed by atoms with Crippen molar-refractivity contribution in [3.63, 3.8) is 0 Å². The predicted octanol–water partition coefficient (Wildman–Crippen LogP) is 3.14. The first-order valence-electron chi connectivity index (χ1n) is 6.67. The van der Waals surface area contributed by atoms with Gasteiger partial charge in [-0.15, -0.1) is 0 Å². The van der Waals surface area contributed by atoms with Gasteiger partial charge in [0.15, 0.2) is 5.69 Å². The van der Waals surface area contributed by atoms with Gasteiger partial charge in [-0.25, -0.2) is 13.9 Å². The molecule has 0 N–H and O–H groups in total. The fraction of sp³-hybridized carbons (Fsp3) is 0.333. The van der Waals surface area contributed by atoms with Crippen LogP contribution in [0, 0.1) is 5.82 Å². The van der Waals surface area contributed by atoms with Gasteiger partial charge < -0.3 is 4.74 Å². The molecular formula is C15H17FN2O2. The third kappa shape index (κ3) is 3.04. The fourth-order valence-electron chi connectivity index (χ4n) is 1.94. The van der Waals surface area contributed by atoms with E-state index < -0.39 is 5.97 Å². The molecule has 0 aliphatic heterocycles. The standard InChI is InChI=1S/C15H17FN2O2/c1-3-5-12-10-14(15(19)20-4-2)18(17-12)13-8-6-11(16)7-9-13/h6-10H,3-5H2,1-2H3. The largest absolute Gasteiger partial charge is 0.461 e. The van der Waals surface area contributed by atoms with Crippen LogP contribution < -0.4 is 0 Å². The molecule has 0 bridgehead atoms. The first kappa shape index (κ1) is 14.2. The van der Waals surface area contributed by atoms with Crippen molar-refractivity contribution in [3.05, 3.63) is 47.5 Å². The van der Waals surface area contributed by atoms with Gasteiger partial charge in [0.25, 0.3) is 0 Å². The molecule has 0 saturated carbocycles. The lowest BCUT2D eigenvalue weighted by atomic mass is 10.2. The number of rotatable bonds is 5. The van der Waals surface area contributed by atoms with E-state index in [9.17, 15) is 9.18 Å². The van der Waals surface area contributed by atoms with Crippen LogP contribution in [0.2, 0.25) is 0 Å². The topological polar surface area (TPSA) is 44.1 Å². The quantitative estimate of drug-likeness (QED) is 0.788. The molecule has 2 rings (SSSR count). The number of aromatic nitrogens is 2. The van der Waals surface area contributed by atoms with Crippen molar-refractivity contribution in [1.82, 2.24) is 9.78 Å². The van der Waals surface area contributed by atoms with E-state index in [0.29, 0.717) is 18.0 Å². The minimum absolute atomic E-state index is 0.302.